The Labute approximate surface area is 110 Å². The Hall–Kier alpha value is -1.06. The quantitative estimate of drug-likeness (QED) is 0.770. The molecule has 3 heteroatoms. The van der Waals surface area contributed by atoms with Gasteiger partial charge in [-0.15, -0.1) is 0 Å². The molecule has 0 radical (unpaired) electrons. The zero-order chi connectivity index (χ0) is 13.4. The van der Waals surface area contributed by atoms with Crippen molar-refractivity contribution in [3.8, 4) is 5.75 Å². The molecule has 0 fully saturated rings. The van der Waals surface area contributed by atoms with E-state index in [0.29, 0.717) is 0 Å². The molecule has 0 amide bonds. The summed E-state index contributed by atoms with van der Waals surface area (Å²) in [5.41, 5.74) is 1.19. The van der Waals surface area contributed by atoms with E-state index in [-0.39, 0.29) is 12.2 Å². The Morgan fingerprint density at radius 3 is 2.56 bits per heavy atom. The molecule has 18 heavy (non-hydrogen) atoms. The van der Waals surface area contributed by atoms with Gasteiger partial charge in [-0.3, -0.25) is 0 Å². The maximum absolute atomic E-state index is 5.78. The predicted molar refractivity (Wildman–Crippen MR) is 75.0 cm³/mol. The van der Waals surface area contributed by atoms with Gasteiger partial charge in [-0.05, 0) is 33.8 Å². The van der Waals surface area contributed by atoms with Crippen molar-refractivity contribution >= 4 is 0 Å². The summed E-state index contributed by atoms with van der Waals surface area (Å²) in [4.78, 5) is 0. The van der Waals surface area contributed by atoms with E-state index in [1.165, 1.54) is 5.56 Å². The summed E-state index contributed by atoms with van der Waals surface area (Å²) in [7, 11) is 0. The molecule has 0 saturated heterocycles. The van der Waals surface area contributed by atoms with Gasteiger partial charge in [0.1, 0.15) is 5.75 Å². The second-order valence-corrected chi connectivity index (χ2v) is 4.67. The lowest BCUT2D eigenvalue weighted by Crippen LogP contribution is -2.26. The lowest BCUT2D eigenvalue weighted by atomic mass is 10.2. The predicted octanol–water partition coefficient (Wildman–Crippen LogP) is 2.99. The molecule has 0 aromatic heterocycles. The number of rotatable bonds is 8. The van der Waals surface area contributed by atoms with Crippen LogP contribution in [0, 0.1) is 0 Å². The van der Waals surface area contributed by atoms with Gasteiger partial charge in [-0.1, -0.05) is 18.2 Å². The molecule has 0 aliphatic carbocycles. The molecular weight excluding hydrogens is 226 g/mol. The third kappa shape index (κ3) is 5.52. The average molecular weight is 251 g/mol. The molecule has 0 spiro atoms. The highest BCUT2D eigenvalue weighted by atomic mass is 16.5. The van der Waals surface area contributed by atoms with Crippen molar-refractivity contribution in [2.45, 2.75) is 46.4 Å². The lowest BCUT2D eigenvalue weighted by molar-refractivity contribution is 0.0758. The van der Waals surface area contributed by atoms with Gasteiger partial charge >= 0.3 is 0 Å². The van der Waals surface area contributed by atoms with Gasteiger partial charge in [-0.25, -0.2) is 0 Å². The van der Waals surface area contributed by atoms with Gasteiger partial charge in [0.25, 0.3) is 0 Å². The minimum Gasteiger partial charge on any atom is -0.491 e. The van der Waals surface area contributed by atoms with Gasteiger partial charge in [0.05, 0.1) is 12.2 Å². The first-order valence-corrected chi connectivity index (χ1v) is 6.70. The summed E-state index contributed by atoms with van der Waals surface area (Å²) in [5.74, 6) is 0.962. The van der Waals surface area contributed by atoms with Crippen molar-refractivity contribution in [1.29, 1.82) is 0 Å². The van der Waals surface area contributed by atoms with Crippen LogP contribution in [0.1, 0.15) is 33.3 Å². The highest BCUT2D eigenvalue weighted by molar-refractivity contribution is 5.33. The van der Waals surface area contributed by atoms with Crippen LogP contribution in [0.2, 0.25) is 0 Å². The molecule has 0 saturated carbocycles. The molecule has 1 aromatic carbocycles. The van der Waals surface area contributed by atoms with E-state index >= 15 is 0 Å². The van der Waals surface area contributed by atoms with Crippen LogP contribution < -0.4 is 10.1 Å². The van der Waals surface area contributed by atoms with Crippen molar-refractivity contribution in [1.82, 2.24) is 5.32 Å². The molecule has 0 aliphatic rings. The molecule has 0 heterocycles. The van der Waals surface area contributed by atoms with Crippen LogP contribution in [0.3, 0.4) is 0 Å². The molecule has 1 rings (SSSR count). The van der Waals surface area contributed by atoms with Crippen molar-refractivity contribution in [2.75, 3.05) is 13.2 Å². The van der Waals surface area contributed by atoms with E-state index < -0.39 is 0 Å². The van der Waals surface area contributed by atoms with E-state index in [2.05, 4.69) is 18.3 Å². The molecule has 0 bridgehead atoms. The molecule has 1 atom stereocenters. The van der Waals surface area contributed by atoms with Crippen molar-refractivity contribution in [3.05, 3.63) is 29.8 Å². The summed E-state index contributed by atoms with van der Waals surface area (Å²) in [6.07, 6.45) is 0.446. The van der Waals surface area contributed by atoms with Gasteiger partial charge in [0.15, 0.2) is 0 Å². The second kappa shape index (κ2) is 8.11. The number of ether oxygens (including phenoxy) is 2. The van der Waals surface area contributed by atoms with E-state index in [1.807, 2.05) is 39.0 Å². The van der Waals surface area contributed by atoms with Crippen LogP contribution >= 0.6 is 0 Å². The third-order valence-corrected chi connectivity index (χ3v) is 2.53. The smallest absolute Gasteiger partial charge is 0.124 e. The molecule has 1 unspecified atom stereocenters. The van der Waals surface area contributed by atoms with E-state index in [4.69, 9.17) is 9.47 Å². The zero-order valence-electron chi connectivity index (χ0n) is 11.9. The second-order valence-electron chi connectivity index (χ2n) is 4.67. The Kier molecular flexibility index (Phi) is 6.76. The minimum atomic E-state index is 0.202. The summed E-state index contributed by atoms with van der Waals surface area (Å²) >= 11 is 0. The normalized spacial score (nSPS) is 12.7. The van der Waals surface area contributed by atoms with E-state index in [0.717, 1.165) is 25.4 Å². The van der Waals surface area contributed by atoms with Gasteiger partial charge in [0, 0.05) is 25.3 Å². The number of nitrogens with one attached hydrogen (secondary N) is 1. The molecule has 0 aliphatic heterocycles. The minimum absolute atomic E-state index is 0.202. The Bertz CT molecular complexity index is 339. The maximum atomic E-state index is 5.78. The number of para-hydroxylation sites is 1. The van der Waals surface area contributed by atoms with Crippen molar-refractivity contribution < 1.29 is 9.47 Å². The van der Waals surface area contributed by atoms with Crippen LogP contribution in [0.4, 0.5) is 0 Å². The topological polar surface area (TPSA) is 30.5 Å². The zero-order valence-corrected chi connectivity index (χ0v) is 11.9. The standard InChI is InChI=1S/C15H25NO2/c1-5-17-13(4)10-16-11-14-8-6-7-9-15(14)18-12(2)3/h6-9,12-13,16H,5,10-11H2,1-4H3. The summed E-state index contributed by atoms with van der Waals surface area (Å²) in [5, 5.41) is 3.39. The monoisotopic (exact) mass is 251 g/mol. The number of hydrogen-bond donors (Lipinski definition) is 1. The first-order valence-electron chi connectivity index (χ1n) is 6.70. The fraction of sp³-hybridized carbons (Fsp3) is 0.600. The molecule has 1 N–H and O–H groups in total. The first-order chi connectivity index (χ1) is 8.63. The summed E-state index contributed by atoms with van der Waals surface area (Å²) in [6, 6.07) is 8.15. The third-order valence-electron chi connectivity index (χ3n) is 2.53. The molecule has 3 nitrogen and oxygen atoms in total. The van der Waals surface area contributed by atoms with Gasteiger partial charge < -0.3 is 14.8 Å². The van der Waals surface area contributed by atoms with Crippen LogP contribution in [0.25, 0.3) is 0 Å². The first kappa shape index (κ1) is 15.0. The van der Waals surface area contributed by atoms with Crippen LogP contribution in [0.15, 0.2) is 24.3 Å². The average Bonchev–Trinajstić information content (AvgIpc) is 2.31. The largest absolute Gasteiger partial charge is 0.491 e. The highest BCUT2D eigenvalue weighted by Crippen LogP contribution is 2.18. The highest BCUT2D eigenvalue weighted by Gasteiger charge is 2.05. The Balaban J connectivity index is 2.46. The Morgan fingerprint density at radius 1 is 1.17 bits per heavy atom. The lowest BCUT2D eigenvalue weighted by Gasteiger charge is -2.16. The van der Waals surface area contributed by atoms with E-state index in [1.54, 1.807) is 0 Å². The summed E-state index contributed by atoms with van der Waals surface area (Å²) in [6.45, 7) is 10.6. The summed E-state index contributed by atoms with van der Waals surface area (Å²) < 4.78 is 11.3. The van der Waals surface area contributed by atoms with Crippen LogP contribution in [-0.2, 0) is 11.3 Å². The molecule has 1 aromatic rings. The van der Waals surface area contributed by atoms with E-state index in [9.17, 15) is 0 Å². The van der Waals surface area contributed by atoms with Crippen molar-refractivity contribution in [2.24, 2.45) is 0 Å². The van der Waals surface area contributed by atoms with Crippen LogP contribution in [0.5, 0.6) is 5.75 Å². The fourth-order valence-electron chi connectivity index (χ4n) is 1.77. The maximum Gasteiger partial charge on any atom is 0.124 e. The number of hydrogen-bond acceptors (Lipinski definition) is 3. The van der Waals surface area contributed by atoms with Gasteiger partial charge in [0.2, 0.25) is 0 Å². The number of benzene rings is 1. The molecular formula is C15H25NO2. The van der Waals surface area contributed by atoms with Crippen LogP contribution in [-0.4, -0.2) is 25.4 Å². The SMILES string of the molecule is CCOC(C)CNCc1ccccc1OC(C)C. The van der Waals surface area contributed by atoms with Crippen molar-refractivity contribution in [3.63, 3.8) is 0 Å². The molecule has 102 valence electrons. The van der Waals surface area contributed by atoms with Gasteiger partial charge in [-0.2, -0.15) is 0 Å². The Morgan fingerprint density at radius 2 is 1.89 bits per heavy atom. The fourth-order valence-corrected chi connectivity index (χ4v) is 1.77.